The first-order valence-corrected chi connectivity index (χ1v) is 6.25. The Morgan fingerprint density at radius 3 is 2.65 bits per heavy atom. The lowest BCUT2D eigenvalue weighted by Gasteiger charge is -2.07. The van der Waals surface area contributed by atoms with Gasteiger partial charge in [0.1, 0.15) is 0 Å². The summed E-state index contributed by atoms with van der Waals surface area (Å²) in [6.07, 6.45) is 0.326. The zero-order valence-electron chi connectivity index (χ0n) is 9.31. The molecule has 0 saturated carbocycles. The highest BCUT2D eigenvalue weighted by Crippen LogP contribution is 2.17. The molecular formula is C11H15N3O2S. The third kappa shape index (κ3) is 5.26. The molecule has 1 rings (SSSR count). The Morgan fingerprint density at radius 2 is 2.00 bits per heavy atom. The van der Waals surface area contributed by atoms with Gasteiger partial charge in [-0.15, -0.1) is 0 Å². The average molecular weight is 253 g/mol. The standard InChI is InChI=1S/C11H15N3O2S/c12-8-3-1-2-4-9(8)14-11(16)5-6-17-7-10(13)15/h1-4H,5-7,12H2,(H2,13,15)(H,14,16). The van der Waals surface area contributed by atoms with E-state index in [-0.39, 0.29) is 17.6 Å². The Morgan fingerprint density at radius 1 is 1.29 bits per heavy atom. The first-order chi connectivity index (χ1) is 8.09. The summed E-state index contributed by atoms with van der Waals surface area (Å²) in [6, 6.07) is 7.06. The monoisotopic (exact) mass is 253 g/mol. The van der Waals surface area contributed by atoms with Crippen molar-refractivity contribution in [1.29, 1.82) is 0 Å². The van der Waals surface area contributed by atoms with Gasteiger partial charge < -0.3 is 16.8 Å². The van der Waals surface area contributed by atoms with E-state index in [1.54, 1.807) is 24.3 Å². The summed E-state index contributed by atoms with van der Waals surface area (Å²) in [5, 5.41) is 2.70. The summed E-state index contributed by atoms with van der Waals surface area (Å²) in [7, 11) is 0. The summed E-state index contributed by atoms with van der Waals surface area (Å²) < 4.78 is 0. The van der Waals surface area contributed by atoms with Crippen LogP contribution >= 0.6 is 11.8 Å². The summed E-state index contributed by atoms with van der Waals surface area (Å²) in [4.78, 5) is 22.0. The molecule has 0 spiro atoms. The second-order valence-corrected chi connectivity index (χ2v) is 4.51. The van der Waals surface area contributed by atoms with Gasteiger partial charge in [-0.3, -0.25) is 9.59 Å². The molecule has 5 N–H and O–H groups in total. The molecular weight excluding hydrogens is 238 g/mol. The highest BCUT2D eigenvalue weighted by Gasteiger charge is 2.04. The van der Waals surface area contributed by atoms with E-state index in [9.17, 15) is 9.59 Å². The van der Waals surface area contributed by atoms with Gasteiger partial charge in [-0.1, -0.05) is 12.1 Å². The molecule has 0 aliphatic heterocycles. The Labute approximate surface area is 104 Å². The van der Waals surface area contributed by atoms with Crippen molar-refractivity contribution in [2.45, 2.75) is 6.42 Å². The number of benzene rings is 1. The number of hydrogen-bond donors (Lipinski definition) is 3. The Hall–Kier alpha value is -1.69. The first-order valence-electron chi connectivity index (χ1n) is 5.10. The van der Waals surface area contributed by atoms with Crippen LogP contribution in [0.5, 0.6) is 0 Å². The molecule has 1 aromatic carbocycles. The minimum Gasteiger partial charge on any atom is -0.397 e. The van der Waals surface area contributed by atoms with Crippen molar-refractivity contribution in [1.82, 2.24) is 0 Å². The Balaban J connectivity index is 2.30. The number of nitrogens with one attached hydrogen (secondary N) is 1. The normalized spacial score (nSPS) is 9.88. The van der Waals surface area contributed by atoms with Crippen LogP contribution < -0.4 is 16.8 Å². The number of anilines is 2. The number of amides is 2. The average Bonchev–Trinajstić information content (AvgIpc) is 2.27. The maximum atomic E-state index is 11.5. The molecule has 0 radical (unpaired) electrons. The summed E-state index contributed by atoms with van der Waals surface area (Å²) in [5.74, 6) is 0.296. The number of thioether (sulfide) groups is 1. The SMILES string of the molecule is NC(=O)CSCCC(=O)Nc1ccccc1N. The van der Waals surface area contributed by atoms with Crippen LogP contribution in [0.3, 0.4) is 0 Å². The van der Waals surface area contributed by atoms with E-state index < -0.39 is 0 Å². The van der Waals surface area contributed by atoms with Crippen molar-refractivity contribution in [2.75, 3.05) is 22.6 Å². The summed E-state index contributed by atoms with van der Waals surface area (Å²) >= 11 is 1.34. The van der Waals surface area contributed by atoms with Gasteiger partial charge in [-0.05, 0) is 12.1 Å². The van der Waals surface area contributed by atoms with Gasteiger partial charge >= 0.3 is 0 Å². The quantitative estimate of drug-likeness (QED) is 0.516. The maximum Gasteiger partial charge on any atom is 0.227 e. The minimum absolute atomic E-state index is 0.125. The molecule has 0 atom stereocenters. The second kappa shape index (κ2) is 6.80. The van der Waals surface area contributed by atoms with Gasteiger partial charge in [0.25, 0.3) is 0 Å². The largest absolute Gasteiger partial charge is 0.397 e. The van der Waals surface area contributed by atoms with Crippen molar-refractivity contribution in [2.24, 2.45) is 5.73 Å². The number of primary amides is 1. The molecule has 0 aromatic heterocycles. The molecule has 0 saturated heterocycles. The second-order valence-electron chi connectivity index (χ2n) is 3.40. The maximum absolute atomic E-state index is 11.5. The minimum atomic E-state index is -0.372. The van der Waals surface area contributed by atoms with Gasteiger partial charge in [0.05, 0.1) is 17.1 Å². The third-order valence-corrected chi connectivity index (χ3v) is 2.93. The molecule has 0 aliphatic rings. The number of nitrogen functional groups attached to an aromatic ring is 1. The van der Waals surface area contributed by atoms with Crippen LogP contribution in [0.25, 0.3) is 0 Å². The molecule has 6 heteroatoms. The number of rotatable bonds is 6. The fourth-order valence-electron chi connectivity index (χ4n) is 1.16. The highest BCUT2D eigenvalue weighted by atomic mass is 32.2. The fraction of sp³-hybridized carbons (Fsp3) is 0.273. The van der Waals surface area contributed by atoms with E-state index in [1.807, 2.05) is 0 Å². The number of nitrogens with two attached hydrogens (primary N) is 2. The van der Waals surface area contributed by atoms with E-state index >= 15 is 0 Å². The van der Waals surface area contributed by atoms with Gasteiger partial charge in [0.2, 0.25) is 11.8 Å². The molecule has 5 nitrogen and oxygen atoms in total. The van der Waals surface area contributed by atoms with Crippen molar-refractivity contribution >= 4 is 35.0 Å². The van der Waals surface area contributed by atoms with Gasteiger partial charge in [-0.25, -0.2) is 0 Å². The topological polar surface area (TPSA) is 98.2 Å². The third-order valence-electron chi connectivity index (χ3n) is 1.95. The van der Waals surface area contributed by atoms with Crippen LogP contribution in [0.1, 0.15) is 6.42 Å². The predicted molar refractivity (Wildman–Crippen MR) is 70.6 cm³/mol. The molecule has 0 fully saturated rings. The number of para-hydroxylation sites is 2. The van der Waals surface area contributed by atoms with Crippen molar-refractivity contribution in [3.63, 3.8) is 0 Å². The van der Waals surface area contributed by atoms with Gasteiger partial charge in [0.15, 0.2) is 0 Å². The molecule has 0 unspecified atom stereocenters. The van der Waals surface area contributed by atoms with Crippen molar-refractivity contribution in [3.05, 3.63) is 24.3 Å². The van der Waals surface area contributed by atoms with E-state index in [0.717, 1.165) is 0 Å². The zero-order chi connectivity index (χ0) is 12.7. The molecule has 92 valence electrons. The molecule has 1 aromatic rings. The number of carbonyl (C=O) groups is 2. The molecule has 0 aliphatic carbocycles. The lowest BCUT2D eigenvalue weighted by molar-refractivity contribution is -0.116. The van der Waals surface area contributed by atoms with Crippen LogP contribution in [0.4, 0.5) is 11.4 Å². The van der Waals surface area contributed by atoms with Gasteiger partial charge in [0, 0.05) is 12.2 Å². The number of hydrogen-bond acceptors (Lipinski definition) is 4. The Kier molecular flexibility index (Phi) is 5.35. The van der Waals surface area contributed by atoms with E-state index in [2.05, 4.69) is 5.32 Å². The lowest BCUT2D eigenvalue weighted by atomic mass is 10.2. The van der Waals surface area contributed by atoms with Crippen molar-refractivity contribution in [3.8, 4) is 0 Å². The summed E-state index contributed by atoms with van der Waals surface area (Å²) in [6.45, 7) is 0. The smallest absolute Gasteiger partial charge is 0.227 e. The fourth-order valence-corrected chi connectivity index (χ4v) is 1.84. The number of carbonyl (C=O) groups excluding carboxylic acids is 2. The molecule has 0 heterocycles. The molecule has 0 bridgehead atoms. The van der Waals surface area contributed by atoms with Crippen LogP contribution in [0, 0.1) is 0 Å². The highest BCUT2D eigenvalue weighted by molar-refractivity contribution is 7.99. The lowest BCUT2D eigenvalue weighted by Crippen LogP contribution is -2.16. The van der Waals surface area contributed by atoms with Crippen LogP contribution in [-0.4, -0.2) is 23.3 Å². The molecule has 17 heavy (non-hydrogen) atoms. The Bertz CT molecular complexity index is 409. The van der Waals surface area contributed by atoms with E-state index in [4.69, 9.17) is 11.5 Å². The van der Waals surface area contributed by atoms with Crippen LogP contribution in [0.2, 0.25) is 0 Å². The summed E-state index contributed by atoms with van der Waals surface area (Å²) in [5.41, 5.74) is 11.8. The van der Waals surface area contributed by atoms with Crippen LogP contribution in [0.15, 0.2) is 24.3 Å². The molecule has 2 amide bonds. The van der Waals surface area contributed by atoms with E-state index in [1.165, 1.54) is 11.8 Å². The predicted octanol–water partition coefficient (Wildman–Crippen LogP) is 0.816. The zero-order valence-corrected chi connectivity index (χ0v) is 10.1. The van der Waals surface area contributed by atoms with Crippen LogP contribution in [-0.2, 0) is 9.59 Å². The van der Waals surface area contributed by atoms with Gasteiger partial charge in [-0.2, -0.15) is 11.8 Å². The van der Waals surface area contributed by atoms with Crippen molar-refractivity contribution < 1.29 is 9.59 Å². The van der Waals surface area contributed by atoms with E-state index in [0.29, 0.717) is 23.5 Å². The first kappa shape index (κ1) is 13.4.